The lowest BCUT2D eigenvalue weighted by Gasteiger charge is -2.40. The number of amides is 2. The van der Waals surface area contributed by atoms with Crippen molar-refractivity contribution in [3.63, 3.8) is 0 Å². The van der Waals surface area contributed by atoms with E-state index < -0.39 is 24.2 Å². The molecule has 0 aliphatic heterocycles. The number of hydrogen-bond acceptors (Lipinski definition) is 6. The molecule has 1 aliphatic carbocycles. The van der Waals surface area contributed by atoms with Crippen LogP contribution >= 0.6 is 22.6 Å². The van der Waals surface area contributed by atoms with Gasteiger partial charge in [-0.1, -0.05) is 24.3 Å². The molecule has 2 aromatic rings. The van der Waals surface area contributed by atoms with Crippen molar-refractivity contribution in [1.29, 1.82) is 0 Å². The van der Waals surface area contributed by atoms with Gasteiger partial charge in [0, 0.05) is 32.2 Å². The molecular weight excluding hydrogens is 582 g/mol. The van der Waals surface area contributed by atoms with Crippen molar-refractivity contribution in [3.05, 3.63) is 75.1 Å². The van der Waals surface area contributed by atoms with E-state index in [2.05, 4.69) is 27.9 Å². The Morgan fingerprint density at radius 1 is 1.22 bits per heavy atom. The molecule has 0 saturated carbocycles. The summed E-state index contributed by atoms with van der Waals surface area (Å²) in [6, 6.07) is 12.6. The number of carbonyl (C=O) groups is 2. The summed E-state index contributed by atoms with van der Waals surface area (Å²) in [5.41, 5.74) is 1.02. The van der Waals surface area contributed by atoms with E-state index >= 15 is 0 Å². The molecule has 2 amide bonds. The summed E-state index contributed by atoms with van der Waals surface area (Å²) in [6.07, 6.45) is -0.0928. The summed E-state index contributed by atoms with van der Waals surface area (Å²) < 4.78 is 25.7. The van der Waals surface area contributed by atoms with Crippen LogP contribution in [0.15, 0.2) is 60.2 Å². The van der Waals surface area contributed by atoms with Crippen LogP contribution in [0.5, 0.6) is 5.75 Å². The molecular formula is C26H30FIN2O6. The van der Waals surface area contributed by atoms with Gasteiger partial charge in [-0.05, 0) is 64.9 Å². The number of aliphatic hydroxyl groups is 2. The fourth-order valence-electron chi connectivity index (χ4n) is 4.09. The lowest BCUT2D eigenvalue weighted by molar-refractivity contribution is -0.142. The zero-order chi connectivity index (χ0) is 26.1. The Balaban J connectivity index is 1.91. The van der Waals surface area contributed by atoms with E-state index in [1.54, 1.807) is 30.3 Å². The van der Waals surface area contributed by atoms with Crippen LogP contribution in [0.4, 0.5) is 4.39 Å². The SMILES string of the molecule is COCC(=O)N(CCc1cccc(F)c1)C1CC(C(=O)NCCO)=CC(Oc2ccccc2I)C1O. The third-order valence-corrected chi connectivity index (χ3v) is 6.72. The molecule has 1 aliphatic rings. The van der Waals surface area contributed by atoms with Gasteiger partial charge in [0.05, 0.1) is 16.2 Å². The molecule has 0 fully saturated rings. The molecule has 3 unspecified atom stereocenters. The Bertz CT molecular complexity index is 1080. The second-order valence-electron chi connectivity index (χ2n) is 8.35. The summed E-state index contributed by atoms with van der Waals surface area (Å²) in [5, 5.41) is 23.1. The third-order valence-electron chi connectivity index (χ3n) is 5.83. The van der Waals surface area contributed by atoms with Crippen LogP contribution in [0.3, 0.4) is 0 Å². The van der Waals surface area contributed by atoms with Gasteiger partial charge < -0.3 is 29.9 Å². The van der Waals surface area contributed by atoms with Gasteiger partial charge in [0.15, 0.2) is 0 Å². The number of benzene rings is 2. The second kappa shape index (κ2) is 13.7. The Hall–Kier alpha value is -2.54. The minimum Gasteiger partial charge on any atom is -0.482 e. The second-order valence-corrected chi connectivity index (χ2v) is 9.51. The summed E-state index contributed by atoms with van der Waals surface area (Å²) in [7, 11) is 1.40. The van der Waals surface area contributed by atoms with Crippen LogP contribution in [-0.2, 0) is 20.7 Å². The lowest BCUT2D eigenvalue weighted by atomic mass is 9.88. The summed E-state index contributed by atoms with van der Waals surface area (Å²) >= 11 is 2.12. The number of aliphatic hydroxyl groups excluding tert-OH is 2. The molecule has 0 saturated heterocycles. The average molecular weight is 612 g/mol. The summed E-state index contributed by atoms with van der Waals surface area (Å²) in [6.45, 7) is -0.199. The van der Waals surface area contributed by atoms with Crippen LogP contribution in [0.25, 0.3) is 0 Å². The third kappa shape index (κ3) is 7.48. The van der Waals surface area contributed by atoms with Crippen molar-refractivity contribution in [2.24, 2.45) is 0 Å². The van der Waals surface area contributed by atoms with E-state index in [0.717, 1.165) is 3.57 Å². The highest BCUT2D eigenvalue weighted by atomic mass is 127. The van der Waals surface area contributed by atoms with Crippen LogP contribution in [0.1, 0.15) is 12.0 Å². The van der Waals surface area contributed by atoms with E-state index in [1.165, 1.54) is 24.1 Å². The quantitative estimate of drug-likeness (QED) is 0.336. The first-order chi connectivity index (χ1) is 17.3. The monoisotopic (exact) mass is 612 g/mol. The molecule has 0 spiro atoms. The van der Waals surface area contributed by atoms with Crippen molar-refractivity contribution in [2.45, 2.75) is 31.1 Å². The molecule has 3 N–H and O–H groups in total. The summed E-state index contributed by atoms with van der Waals surface area (Å²) in [4.78, 5) is 27.3. The lowest BCUT2D eigenvalue weighted by Crippen LogP contribution is -2.56. The van der Waals surface area contributed by atoms with Gasteiger partial charge in [0.1, 0.15) is 30.4 Å². The Morgan fingerprint density at radius 3 is 2.69 bits per heavy atom. The van der Waals surface area contributed by atoms with E-state index in [1.807, 2.05) is 12.1 Å². The summed E-state index contributed by atoms with van der Waals surface area (Å²) in [5.74, 6) is -0.634. The molecule has 36 heavy (non-hydrogen) atoms. The minimum atomic E-state index is -1.15. The molecule has 3 rings (SSSR count). The topological polar surface area (TPSA) is 108 Å². The maximum atomic E-state index is 13.7. The molecule has 194 valence electrons. The highest BCUT2D eigenvalue weighted by Crippen LogP contribution is 2.30. The zero-order valence-electron chi connectivity index (χ0n) is 19.9. The molecule has 2 aromatic carbocycles. The van der Waals surface area contributed by atoms with Crippen LogP contribution in [0, 0.1) is 9.39 Å². The van der Waals surface area contributed by atoms with Crippen molar-refractivity contribution in [2.75, 3.05) is 33.4 Å². The Kier molecular flexibility index (Phi) is 10.7. The fraction of sp³-hybridized carbons (Fsp3) is 0.385. The molecule has 8 nitrogen and oxygen atoms in total. The number of nitrogens with one attached hydrogen (secondary N) is 1. The molecule has 0 aromatic heterocycles. The van der Waals surface area contributed by atoms with Gasteiger partial charge in [-0.25, -0.2) is 4.39 Å². The van der Waals surface area contributed by atoms with Gasteiger partial charge in [-0.3, -0.25) is 9.59 Å². The number of carbonyl (C=O) groups excluding carboxylic acids is 2. The molecule has 0 radical (unpaired) electrons. The normalized spacial score (nSPS) is 19.4. The average Bonchev–Trinajstić information content (AvgIpc) is 2.86. The first-order valence-corrected chi connectivity index (χ1v) is 12.6. The van der Waals surface area contributed by atoms with Crippen LogP contribution in [-0.4, -0.2) is 78.6 Å². The Labute approximate surface area is 223 Å². The molecule has 0 heterocycles. The predicted molar refractivity (Wildman–Crippen MR) is 140 cm³/mol. The number of rotatable bonds is 11. The first kappa shape index (κ1) is 28.0. The van der Waals surface area contributed by atoms with Gasteiger partial charge >= 0.3 is 0 Å². The number of ether oxygens (including phenoxy) is 2. The smallest absolute Gasteiger partial charge is 0.248 e. The fourth-order valence-corrected chi connectivity index (χ4v) is 4.60. The Morgan fingerprint density at radius 2 is 2.00 bits per heavy atom. The number of hydrogen-bond donors (Lipinski definition) is 3. The number of nitrogens with zero attached hydrogens (tertiary/aromatic N) is 1. The zero-order valence-corrected chi connectivity index (χ0v) is 22.1. The highest BCUT2D eigenvalue weighted by Gasteiger charge is 2.40. The highest BCUT2D eigenvalue weighted by molar-refractivity contribution is 14.1. The van der Waals surface area contributed by atoms with E-state index in [-0.39, 0.29) is 44.4 Å². The van der Waals surface area contributed by atoms with Gasteiger partial charge in [-0.2, -0.15) is 0 Å². The maximum absolute atomic E-state index is 13.7. The minimum absolute atomic E-state index is 0.0669. The van der Waals surface area contributed by atoms with E-state index in [0.29, 0.717) is 23.3 Å². The van der Waals surface area contributed by atoms with E-state index in [9.17, 15) is 19.1 Å². The van der Waals surface area contributed by atoms with Gasteiger partial charge in [0.25, 0.3) is 0 Å². The maximum Gasteiger partial charge on any atom is 0.248 e. The van der Waals surface area contributed by atoms with Crippen LogP contribution < -0.4 is 10.1 Å². The van der Waals surface area contributed by atoms with Gasteiger partial charge in [-0.15, -0.1) is 0 Å². The van der Waals surface area contributed by atoms with Crippen molar-refractivity contribution < 1.29 is 33.7 Å². The standard InChI is InChI=1S/C26H30FIN2O6/c1-35-16-24(32)30(11-9-17-5-4-6-19(27)13-17)21-14-18(26(34)29-10-12-31)15-23(25(21)33)36-22-8-3-2-7-20(22)28/h2-8,13,15,21,23,25,31,33H,9-12,14,16H2,1H3,(H,29,34). The number of methoxy groups -OCH3 is 1. The number of para-hydroxylation sites is 1. The number of halogens is 2. The largest absolute Gasteiger partial charge is 0.482 e. The van der Waals surface area contributed by atoms with Crippen LogP contribution in [0.2, 0.25) is 0 Å². The van der Waals surface area contributed by atoms with Crippen molar-refractivity contribution >= 4 is 34.4 Å². The van der Waals surface area contributed by atoms with E-state index in [4.69, 9.17) is 14.6 Å². The predicted octanol–water partition coefficient (Wildman–Crippen LogP) is 2.06. The first-order valence-electron chi connectivity index (χ1n) is 11.6. The molecule has 3 atom stereocenters. The van der Waals surface area contributed by atoms with Crippen molar-refractivity contribution in [1.82, 2.24) is 10.2 Å². The van der Waals surface area contributed by atoms with Crippen molar-refractivity contribution in [3.8, 4) is 5.75 Å². The van der Waals surface area contributed by atoms with Gasteiger partial charge in [0.2, 0.25) is 11.8 Å². The molecule has 10 heteroatoms. The molecule has 0 bridgehead atoms.